The summed E-state index contributed by atoms with van der Waals surface area (Å²) in [5, 5.41) is 27.0. The van der Waals surface area contributed by atoms with Gasteiger partial charge >= 0.3 is 11.9 Å². The van der Waals surface area contributed by atoms with E-state index in [0.29, 0.717) is 16.5 Å². The molecule has 0 aliphatic rings. The van der Waals surface area contributed by atoms with Crippen LogP contribution < -0.4 is 0 Å². The molecule has 1 aromatic heterocycles. The zero-order valence-electron chi connectivity index (χ0n) is 8.91. The van der Waals surface area contributed by atoms with Gasteiger partial charge in [-0.25, -0.2) is 14.6 Å². The number of nitrogens with zero attached hydrogens (tertiary/aromatic N) is 2. The Morgan fingerprint density at radius 2 is 1.89 bits per heavy atom. The maximum absolute atomic E-state index is 11.0. The minimum Gasteiger partial charge on any atom is -0.478 e. The molecule has 0 unspecified atom stereocenters. The van der Waals surface area contributed by atoms with Crippen molar-refractivity contribution < 1.29 is 19.8 Å². The van der Waals surface area contributed by atoms with E-state index in [9.17, 15) is 9.59 Å². The van der Waals surface area contributed by atoms with Crippen molar-refractivity contribution in [2.75, 3.05) is 0 Å². The third-order valence-electron chi connectivity index (χ3n) is 2.38. The zero-order valence-corrected chi connectivity index (χ0v) is 8.91. The SMILES string of the molecule is N#Cc1ccc2nc(C(=O)O)c(C(=O)O)cc2c1. The van der Waals surface area contributed by atoms with Gasteiger partial charge < -0.3 is 10.2 Å². The van der Waals surface area contributed by atoms with Gasteiger partial charge in [0.05, 0.1) is 22.7 Å². The number of aromatic carboxylic acids is 2. The van der Waals surface area contributed by atoms with E-state index >= 15 is 0 Å². The smallest absolute Gasteiger partial charge is 0.355 e. The van der Waals surface area contributed by atoms with Crippen molar-refractivity contribution in [3.8, 4) is 6.07 Å². The molecule has 1 aromatic carbocycles. The maximum atomic E-state index is 11.0. The van der Waals surface area contributed by atoms with Gasteiger partial charge in [-0.3, -0.25) is 0 Å². The molecule has 2 N–H and O–H groups in total. The molecule has 18 heavy (non-hydrogen) atoms. The van der Waals surface area contributed by atoms with E-state index in [2.05, 4.69) is 4.98 Å². The van der Waals surface area contributed by atoms with Crippen LogP contribution in [0.1, 0.15) is 26.4 Å². The average molecular weight is 242 g/mol. The van der Waals surface area contributed by atoms with Crippen LogP contribution in [0.5, 0.6) is 0 Å². The largest absolute Gasteiger partial charge is 0.478 e. The highest BCUT2D eigenvalue weighted by atomic mass is 16.4. The number of rotatable bonds is 2. The predicted octanol–water partition coefficient (Wildman–Crippen LogP) is 1.50. The normalized spacial score (nSPS) is 9.94. The first-order valence-electron chi connectivity index (χ1n) is 4.84. The fourth-order valence-electron chi connectivity index (χ4n) is 1.57. The lowest BCUT2D eigenvalue weighted by Crippen LogP contribution is -2.10. The molecule has 0 atom stereocenters. The number of carboxylic acid groups (broad SMARTS) is 2. The second kappa shape index (κ2) is 4.14. The highest BCUT2D eigenvalue weighted by Gasteiger charge is 2.18. The number of hydrogen-bond acceptors (Lipinski definition) is 4. The van der Waals surface area contributed by atoms with E-state index in [1.165, 1.54) is 24.3 Å². The lowest BCUT2D eigenvalue weighted by Gasteiger charge is -2.04. The van der Waals surface area contributed by atoms with Gasteiger partial charge in [-0.15, -0.1) is 0 Å². The van der Waals surface area contributed by atoms with Crippen LogP contribution >= 0.6 is 0 Å². The minimum absolute atomic E-state index is 0.330. The first kappa shape index (κ1) is 11.5. The van der Waals surface area contributed by atoms with Gasteiger partial charge in [-0.2, -0.15) is 5.26 Å². The topological polar surface area (TPSA) is 111 Å². The fraction of sp³-hybridized carbons (Fsp3) is 0. The summed E-state index contributed by atoms with van der Waals surface area (Å²) in [6.45, 7) is 0. The molecular formula is C12H6N2O4. The summed E-state index contributed by atoms with van der Waals surface area (Å²) >= 11 is 0. The van der Waals surface area contributed by atoms with Crippen LogP contribution in [0.4, 0.5) is 0 Å². The molecule has 6 nitrogen and oxygen atoms in total. The third kappa shape index (κ3) is 1.85. The van der Waals surface area contributed by atoms with Crippen molar-refractivity contribution in [1.82, 2.24) is 4.98 Å². The van der Waals surface area contributed by atoms with E-state index in [-0.39, 0.29) is 0 Å². The lowest BCUT2D eigenvalue weighted by atomic mass is 10.1. The number of fused-ring (bicyclic) bond motifs is 1. The maximum Gasteiger partial charge on any atom is 0.355 e. The lowest BCUT2D eigenvalue weighted by molar-refractivity contribution is 0.0647. The number of carboxylic acids is 2. The van der Waals surface area contributed by atoms with Crippen LogP contribution in [-0.4, -0.2) is 27.1 Å². The second-order valence-corrected chi connectivity index (χ2v) is 3.51. The number of hydrogen-bond donors (Lipinski definition) is 2. The summed E-state index contributed by atoms with van der Waals surface area (Å²) in [6, 6.07) is 7.54. The standard InChI is InChI=1S/C12H6N2O4/c13-5-6-1-2-9-7(3-6)4-8(11(15)16)10(14-9)12(17)18/h1-4H,(H,15,16)(H,17,18). The van der Waals surface area contributed by atoms with Crippen LogP contribution in [0.2, 0.25) is 0 Å². The Morgan fingerprint density at radius 1 is 1.17 bits per heavy atom. The van der Waals surface area contributed by atoms with Gasteiger partial charge in [-0.05, 0) is 24.3 Å². The van der Waals surface area contributed by atoms with E-state index in [1.807, 2.05) is 6.07 Å². The second-order valence-electron chi connectivity index (χ2n) is 3.51. The molecule has 0 aliphatic heterocycles. The predicted molar refractivity (Wildman–Crippen MR) is 60.4 cm³/mol. The highest BCUT2D eigenvalue weighted by Crippen LogP contribution is 2.18. The van der Waals surface area contributed by atoms with Crippen LogP contribution in [0.15, 0.2) is 24.3 Å². The molecule has 6 heteroatoms. The van der Waals surface area contributed by atoms with Crippen molar-refractivity contribution >= 4 is 22.8 Å². The number of aromatic nitrogens is 1. The Balaban J connectivity index is 2.81. The Morgan fingerprint density at radius 3 is 2.44 bits per heavy atom. The molecule has 0 saturated carbocycles. The van der Waals surface area contributed by atoms with Crippen LogP contribution in [0, 0.1) is 11.3 Å². The molecule has 1 heterocycles. The zero-order chi connectivity index (χ0) is 13.3. The first-order chi connectivity index (χ1) is 8.52. The number of nitriles is 1. The molecule has 0 bridgehead atoms. The van der Waals surface area contributed by atoms with Gasteiger partial charge in [0.1, 0.15) is 0 Å². The van der Waals surface area contributed by atoms with Crippen molar-refractivity contribution in [3.63, 3.8) is 0 Å². The third-order valence-corrected chi connectivity index (χ3v) is 2.38. The molecule has 2 rings (SSSR count). The van der Waals surface area contributed by atoms with Crippen molar-refractivity contribution in [1.29, 1.82) is 5.26 Å². The number of carbonyl (C=O) groups is 2. The molecule has 0 aliphatic carbocycles. The van der Waals surface area contributed by atoms with Crippen molar-refractivity contribution in [3.05, 3.63) is 41.1 Å². The van der Waals surface area contributed by atoms with E-state index in [0.717, 1.165) is 0 Å². The number of pyridine rings is 1. The molecule has 0 radical (unpaired) electrons. The van der Waals surface area contributed by atoms with Crippen molar-refractivity contribution in [2.45, 2.75) is 0 Å². The summed E-state index contributed by atoms with van der Waals surface area (Å²) in [6.07, 6.45) is 0. The van der Waals surface area contributed by atoms with Crippen LogP contribution in [0.3, 0.4) is 0 Å². The molecule has 0 fully saturated rings. The summed E-state index contributed by atoms with van der Waals surface area (Å²) in [7, 11) is 0. The van der Waals surface area contributed by atoms with Gasteiger partial charge in [0.15, 0.2) is 5.69 Å². The summed E-state index contributed by atoms with van der Waals surface area (Å²) in [5.41, 5.74) is -0.232. The average Bonchev–Trinajstić information content (AvgIpc) is 2.36. The molecular weight excluding hydrogens is 236 g/mol. The Hall–Kier alpha value is -2.94. The summed E-state index contributed by atoms with van der Waals surface area (Å²) < 4.78 is 0. The molecule has 2 aromatic rings. The van der Waals surface area contributed by atoms with Gasteiger partial charge in [-0.1, -0.05) is 0 Å². The van der Waals surface area contributed by atoms with Crippen molar-refractivity contribution in [2.24, 2.45) is 0 Å². The van der Waals surface area contributed by atoms with E-state index < -0.39 is 23.2 Å². The van der Waals surface area contributed by atoms with Gasteiger partial charge in [0.2, 0.25) is 0 Å². The van der Waals surface area contributed by atoms with Crippen LogP contribution in [-0.2, 0) is 0 Å². The summed E-state index contributed by atoms with van der Waals surface area (Å²) in [5.74, 6) is -2.78. The Kier molecular flexibility index (Phi) is 2.66. The van der Waals surface area contributed by atoms with Gasteiger partial charge in [0.25, 0.3) is 0 Å². The summed E-state index contributed by atoms with van der Waals surface area (Å²) in [4.78, 5) is 25.7. The monoisotopic (exact) mass is 242 g/mol. The Labute approximate surface area is 101 Å². The van der Waals surface area contributed by atoms with E-state index in [4.69, 9.17) is 15.5 Å². The fourth-order valence-corrected chi connectivity index (χ4v) is 1.57. The minimum atomic E-state index is -1.40. The molecule has 0 amide bonds. The molecule has 88 valence electrons. The van der Waals surface area contributed by atoms with Gasteiger partial charge in [0, 0.05) is 5.39 Å². The Bertz CT molecular complexity index is 716. The van der Waals surface area contributed by atoms with E-state index in [1.54, 1.807) is 0 Å². The quantitative estimate of drug-likeness (QED) is 0.825. The first-order valence-corrected chi connectivity index (χ1v) is 4.84. The molecule has 0 saturated heterocycles. The highest BCUT2D eigenvalue weighted by molar-refractivity contribution is 6.03. The van der Waals surface area contributed by atoms with Crippen LogP contribution in [0.25, 0.3) is 10.9 Å². The number of benzene rings is 1. The molecule has 0 spiro atoms.